The van der Waals surface area contributed by atoms with Crippen molar-refractivity contribution in [2.75, 3.05) is 14.2 Å². The summed E-state index contributed by atoms with van der Waals surface area (Å²) in [4.78, 5) is 11.2. The van der Waals surface area contributed by atoms with Gasteiger partial charge in [-0.3, -0.25) is 4.79 Å². The number of nitrogens with two attached hydrogens (primary N) is 1. The predicted octanol–water partition coefficient (Wildman–Crippen LogP) is 1.01. The van der Waals surface area contributed by atoms with Crippen LogP contribution in [0.15, 0.2) is 24.3 Å². The highest BCUT2D eigenvalue weighted by atomic mass is 16.5. The van der Waals surface area contributed by atoms with Crippen LogP contribution in [-0.2, 0) is 20.9 Å². The number of methoxy groups -OCH3 is 2. The molecule has 0 radical (unpaired) electrons. The lowest BCUT2D eigenvalue weighted by atomic mass is 10.1. The Morgan fingerprint density at radius 3 is 2.80 bits per heavy atom. The van der Waals surface area contributed by atoms with Gasteiger partial charge in [0.1, 0.15) is 6.04 Å². The Bertz CT molecular complexity index is 338. The first-order valence-corrected chi connectivity index (χ1v) is 4.60. The number of hydrogen-bond donors (Lipinski definition) is 1. The molecule has 4 nitrogen and oxygen atoms in total. The van der Waals surface area contributed by atoms with Crippen LogP contribution < -0.4 is 5.73 Å². The highest BCUT2D eigenvalue weighted by Gasteiger charge is 2.15. The van der Waals surface area contributed by atoms with Crippen LogP contribution >= 0.6 is 0 Å². The van der Waals surface area contributed by atoms with Gasteiger partial charge in [-0.05, 0) is 11.1 Å². The van der Waals surface area contributed by atoms with Gasteiger partial charge in [-0.2, -0.15) is 0 Å². The zero-order chi connectivity index (χ0) is 11.3. The van der Waals surface area contributed by atoms with Gasteiger partial charge in [0.25, 0.3) is 0 Å². The minimum absolute atomic E-state index is 0.440. The average molecular weight is 209 g/mol. The molecule has 1 aromatic carbocycles. The van der Waals surface area contributed by atoms with Crippen LogP contribution in [-0.4, -0.2) is 20.2 Å². The third-order valence-electron chi connectivity index (χ3n) is 2.08. The number of ether oxygens (including phenoxy) is 2. The Labute approximate surface area is 89.0 Å². The van der Waals surface area contributed by atoms with Crippen LogP contribution in [0.5, 0.6) is 0 Å². The number of carbonyl (C=O) groups excluding carboxylic acids is 1. The first-order valence-electron chi connectivity index (χ1n) is 4.60. The molecule has 0 aliphatic heterocycles. The fourth-order valence-corrected chi connectivity index (χ4v) is 1.31. The van der Waals surface area contributed by atoms with Crippen LogP contribution in [0.1, 0.15) is 17.2 Å². The van der Waals surface area contributed by atoms with Gasteiger partial charge in [-0.15, -0.1) is 0 Å². The molecule has 0 saturated carbocycles. The van der Waals surface area contributed by atoms with Crippen LogP contribution in [0.3, 0.4) is 0 Å². The lowest BCUT2D eigenvalue weighted by Gasteiger charge is -2.10. The lowest BCUT2D eigenvalue weighted by molar-refractivity contribution is -0.142. The number of rotatable bonds is 4. The molecule has 2 N–H and O–H groups in total. The summed E-state index contributed by atoms with van der Waals surface area (Å²) >= 11 is 0. The SMILES string of the molecule is COCc1cccc(C(N)C(=O)OC)c1. The van der Waals surface area contributed by atoms with E-state index in [4.69, 9.17) is 10.5 Å². The van der Waals surface area contributed by atoms with Gasteiger partial charge in [-0.1, -0.05) is 24.3 Å². The molecule has 0 aromatic heterocycles. The summed E-state index contributed by atoms with van der Waals surface area (Å²) in [6.07, 6.45) is 0. The summed E-state index contributed by atoms with van der Waals surface area (Å²) in [5, 5.41) is 0. The summed E-state index contributed by atoms with van der Waals surface area (Å²) in [5.41, 5.74) is 7.41. The molecule has 82 valence electrons. The molecule has 0 spiro atoms. The van der Waals surface area contributed by atoms with E-state index < -0.39 is 12.0 Å². The summed E-state index contributed by atoms with van der Waals surface area (Å²) in [6, 6.07) is 6.65. The van der Waals surface area contributed by atoms with E-state index in [2.05, 4.69) is 4.74 Å². The number of carbonyl (C=O) groups is 1. The summed E-state index contributed by atoms with van der Waals surface area (Å²) in [6.45, 7) is 0.502. The molecule has 0 aliphatic carbocycles. The van der Waals surface area contributed by atoms with Gasteiger partial charge in [-0.25, -0.2) is 0 Å². The normalized spacial score (nSPS) is 12.2. The molecule has 0 heterocycles. The Morgan fingerprint density at radius 2 is 2.20 bits per heavy atom. The topological polar surface area (TPSA) is 61.5 Å². The molecule has 15 heavy (non-hydrogen) atoms. The van der Waals surface area contributed by atoms with Crippen molar-refractivity contribution in [1.29, 1.82) is 0 Å². The molecule has 1 unspecified atom stereocenters. The van der Waals surface area contributed by atoms with Gasteiger partial charge in [0.2, 0.25) is 0 Å². The van der Waals surface area contributed by atoms with Crippen molar-refractivity contribution in [2.24, 2.45) is 5.73 Å². The summed E-state index contributed by atoms with van der Waals surface area (Å²) in [5.74, 6) is -0.440. The number of hydrogen-bond acceptors (Lipinski definition) is 4. The number of benzene rings is 1. The second kappa shape index (κ2) is 5.48. The zero-order valence-corrected chi connectivity index (χ0v) is 8.90. The van der Waals surface area contributed by atoms with Crippen molar-refractivity contribution in [3.05, 3.63) is 35.4 Å². The summed E-state index contributed by atoms with van der Waals surface area (Å²) < 4.78 is 9.56. The van der Waals surface area contributed by atoms with Crippen molar-refractivity contribution in [2.45, 2.75) is 12.6 Å². The van der Waals surface area contributed by atoms with E-state index in [9.17, 15) is 4.79 Å². The summed E-state index contributed by atoms with van der Waals surface area (Å²) in [7, 11) is 2.94. The Morgan fingerprint density at radius 1 is 1.47 bits per heavy atom. The average Bonchev–Trinajstić information content (AvgIpc) is 2.28. The van der Waals surface area contributed by atoms with Crippen molar-refractivity contribution < 1.29 is 14.3 Å². The Kier molecular flexibility index (Phi) is 4.27. The predicted molar refractivity (Wildman–Crippen MR) is 56.1 cm³/mol. The van der Waals surface area contributed by atoms with E-state index in [1.54, 1.807) is 13.2 Å². The van der Waals surface area contributed by atoms with Gasteiger partial charge in [0, 0.05) is 7.11 Å². The van der Waals surface area contributed by atoms with E-state index in [0.717, 1.165) is 11.1 Å². The minimum atomic E-state index is -0.730. The first-order chi connectivity index (χ1) is 7.19. The molecule has 1 atom stereocenters. The molecule has 0 aliphatic rings. The fourth-order valence-electron chi connectivity index (χ4n) is 1.31. The van der Waals surface area contributed by atoms with Gasteiger partial charge < -0.3 is 15.2 Å². The van der Waals surface area contributed by atoms with Crippen molar-refractivity contribution >= 4 is 5.97 Å². The smallest absolute Gasteiger partial charge is 0.327 e. The highest BCUT2D eigenvalue weighted by molar-refractivity contribution is 5.77. The third-order valence-corrected chi connectivity index (χ3v) is 2.08. The second-order valence-corrected chi connectivity index (χ2v) is 3.18. The van der Waals surface area contributed by atoms with Crippen LogP contribution in [0.25, 0.3) is 0 Å². The highest BCUT2D eigenvalue weighted by Crippen LogP contribution is 2.14. The van der Waals surface area contributed by atoms with E-state index in [1.807, 2.05) is 18.2 Å². The van der Waals surface area contributed by atoms with Crippen molar-refractivity contribution in [3.63, 3.8) is 0 Å². The van der Waals surface area contributed by atoms with E-state index in [0.29, 0.717) is 6.61 Å². The Hall–Kier alpha value is -1.39. The number of esters is 1. The third kappa shape index (κ3) is 3.04. The maximum Gasteiger partial charge on any atom is 0.327 e. The first kappa shape index (κ1) is 11.7. The maximum atomic E-state index is 11.2. The van der Waals surface area contributed by atoms with Crippen molar-refractivity contribution in [1.82, 2.24) is 0 Å². The fraction of sp³-hybridized carbons (Fsp3) is 0.364. The van der Waals surface area contributed by atoms with Gasteiger partial charge in [0.05, 0.1) is 13.7 Å². The van der Waals surface area contributed by atoms with Crippen LogP contribution in [0.2, 0.25) is 0 Å². The van der Waals surface area contributed by atoms with E-state index >= 15 is 0 Å². The monoisotopic (exact) mass is 209 g/mol. The molecular weight excluding hydrogens is 194 g/mol. The van der Waals surface area contributed by atoms with Crippen molar-refractivity contribution in [3.8, 4) is 0 Å². The molecular formula is C11H15NO3. The molecule has 1 rings (SSSR count). The van der Waals surface area contributed by atoms with Crippen LogP contribution in [0, 0.1) is 0 Å². The standard InChI is InChI=1S/C11H15NO3/c1-14-7-8-4-3-5-9(6-8)10(12)11(13)15-2/h3-6,10H,7,12H2,1-2H3. The molecule has 0 saturated heterocycles. The zero-order valence-electron chi connectivity index (χ0n) is 8.90. The van der Waals surface area contributed by atoms with Crippen LogP contribution in [0.4, 0.5) is 0 Å². The maximum absolute atomic E-state index is 11.2. The largest absolute Gasteiger partial charge is 0.468 e. The minimum Gasteiger partial charge on any atom is -0.468 e. The molecule has 0 amide bonds. The second-order valence-electron chi connectivity index (χ2n) is 3.18. The van der Waals surface area contributed by atoms with E-state index in [1.165, 1.54) is 7.11 Å². The van der Waals surface area contributed by atoms with E-state index in [-0.39, 0.29) is 0 Å². The molecule has 1 aromatic rings. The quantitative estimate of drug-likeness (QED) is 0.752. The Balaban J connectivity index is 2.84. The van der Waals surface area contributed by atoms with Gasteiger partial charge in [0.15, 0.2) is 0 Å². The molecule has 0 fully saturated rings. The molecule has 4 heteroatoms. The lowest BCUT2D eigenvalue weighted by Crippen LogP contribution is -2.22. The van der Waals surface area contributed by atoms with Gasteiger partial charge >= 0.3 is 5.97 Å². The molecule has 0 bridgehead atoms.